The van der Waals surface area contributed by atoms with Crippen molar-refractivity contribution in [3.8, 4) is 0 Å². The van der Waals surface area contributed by atoms with Gasteiger partial charge in [-0.2, -0.15) is 0 Å². The zero-order valence-electron chi connectivity index (χ0n) is 14.2. The molecule has 0 unspecified atom stereocenters. The van der Waals surface area contributed by atoms with E-state index in [2.05, 4.69) is 11.9 Å². The summed E-state index contributed by atoms with van der Waals surface area (Å²) in [6.45, 7) is 8.40. The van der Waals surface area contributed by atoms with E-state index in [4.69, 9.17) is 11.6 Å². The maximum Gasteiger partial charge on any atom is 0.270 e. The molecule has 25 heavy (non-hydrogen) atoms. The minimum atomic E-state index is -0.0327. The molecule has 2 aromatic carbocycles. The summed E-state index contributed by atoms with van der Waals surface area (Å²) in [5.41, 5.74) is 4.16. The number of halogens is 1. The maximum absolute atomic E-state index is 12.7. The number of hydrogen-bond donors (Lipinski definition) is 1. The van der Waals surface area contributed by atoms with Crippen LogP contribution in [0.2, 0.25) is 5.02 Å². The van der Waals surface area contributed by atoms with Gasteiger partial charge in [-0.05, 0) is 49.2 Å². The van der Waals surface area contributed by atoms with Crippen LogP contribution in [0.15, 0.2) is 47.3 Å². The predicted molar refractivity (Wildman–Crippen MR) is 108 cm³/mol. The van der Waals surface area contributed by atoms with Gasteiger partial charge in [-0.3, -0.25) is 9.36 Å². The van der Waals surface area contributed by atoms with Crippen molar-refractivity contribution < 1.29 is 0 Å². The summed E-state index contributed by atoms with van der Waals surface area (Å²) < 4.78 is 3.06. The number of aromatic nitrogens is 1. The molecule has 0 bridgehead atoms. The number of hydrogen-bond acceptors (Lipinski definition) is 3. The molecule has 3 rings (SSSR count). The fraction of sp³-hybridized carbons (Fsp3) is 0.150. The molecule has 0 aliphatic heterocycles. The van der Waals surface area contributed by atoms with Gasteiger partial charge >= 0.3 is 0 Å². The molecule has 0 spiro atoms. The number of nitrogens with one attached hydrogen (secondary N) is 1. The van der Waals surface area contributed by atoms with Crippen molar-refractivity contribution in [1.82, 2.24) is 4.57 Å². The van der Waals surface area contributed by atoms with Gasteiger partial charge in [-0.15, -0.1) is 11.3 Å². The lowest BCUT2D eigenvalue weighted by Crippen LogP contribution is -2.33. The molecule has 5 heteroatoms. The molecule has 1 heterocycles. The molecule has 0 aliphatic carbocycles. The van der Waals surface area contributed by atoms with E-state index in [1.165, 1.54) is 16.9 Å². The molecule has 0 saturated heterocycles. The van der Waals surface area contributed by atoms with Gasteiger partial charge in [0.05, 0.1) is 15.9 Å². The molecule has 0 radical (unpaired) electrons. The van der Waals surface area contributed by atoms with Crippen LogP contribution in [0, 0.1) is 13.8 Å². The van der Waals surface area contributed by atoms with Crippen molar-refractivity contribution in [2.75, 3.05) is 5.32 Å². The molecule has 0 saturated carbocycles. The fourth-order valence-corrected chi connectivity index (χ4v) is 3.66. The van der Waals surface area contributed by atoms with E-state index in [0.717, 1.165) is 21.5 Å². The van der Waals surface area contributed by atoms with Crippen LogP contribution >= 0.6 is 22.9 Å². The Hall–Kier alpha value is -2.30. The van der Waals surface area contributed by atoms with Gasteiger partial charge in [0.1, 0.15) is 0 Å². The number of anilines is 1. The number of nitrogens with zero attached hydrogens (tertiary/aromatic N) is 1. The maximum atomic E-state index is 12.7. The lowest BCUT2D eigenvalue weighted by Gasteiger charge is -2.10. The standard InChI is InChI=1S/C20H19ClN2OS/c1-13-4-6-16(7-5-13)11-19-20(24)23(15(3)25-19)12-22-18-9-8-17(21)10-14(18)2/h4-11,22H,3,12H2,1-2H3. The van der Waals surface area contributed by atoms with Gasteiger partial charge < -0.3 is 5.32 Å². The molecule has 1 N–H and O–H groups in total. The summed E-state index contributed by atoms with van der Waals surface area (Å²) in [5, 5.41) is 3.98. The fourth-order valence-electron chi connectivity index (χ4n) is 2.53. The van der Waals surface area contributed by atoms with E-state index in [9.17, 15) is 4.79 Å². The highest BCUT2D eigenvalue weighted by atomic mass is 35.5. The second-order valence-corrected chi connectivity index (χ2v) is 7.49. The number of benzene rings is 2. The van der Waals surface area contributed by atoms with Crippen LogP contribution in [-0.4, -0.2) is 4.57 Å². The molecule has 0 amide bonds. The van der Waals surface area contributed by atoms with Gasteiger partial charge in [0.2, 0.25) is 0 Å². The van der Waals surface area contributed by atoms with Crippen LogP contribution in [0.1, 0.15) is 16.7 Å². The average molecular weight is 371 g/mol. The number of rotatable bonds is 4. The van der Waals surface area contributed by atoms with Gasteiger partial charge in [0.15, 0.2) is 0 Å². The Morgan fingerprint density at radius 2 is 1.92 bits per heavy atom. The predicted octanol–water partition coefficient (Wildman–Crippen LogP) is 3.49. The Morgan fingerprint density at radius 3 is 2.60 bits per heavy atom. The third-order valence-corrected chi connectivity index (χ3v) is 5.18. The Morgan fingerprint density at radius 1 is 1.20 bits per heavy atom. The largest absolute Gasteiger partial charge is 0.367 e. The van der Waals surface area contributed by atoms with Crippen molar-refractivity contribution >= 4 is 41.3 Å². The molecule has 0 fully saturated rings. The second kappa shape index (κ2) is 7.30. The average Bonchev–Trinajstić information content (AvgIpc) is 2.83. The highest BCUT2D eigenvalue weighted by Crippen LogP contribution is 2.19. The Balaban J connectivity index is 1.88. The smallest absolute Gasteiger partial charge is 0.270 e. The third-order valence-electron chi connectivity index (χ3n) is 3.98. The minimum Gasteiger partial charge on any atom is -0.367 e. The molecular formula is C20H19ClN2OS. The van der Waals surface area contributed by atoms with Gasteiger partial charge in [-0.25, -0.2) is 0 Å². The molecule has 0 aliphatic rings. The van der Waals surface area contributed by atoms with Gasteiger partial charge in [-0.1, -0.05) is 48.0 Å². The van der Waals surface area contributed by atoms with Crippen LogP contribution in [0.3, 0.4) is 0 Å². The second-order valence-electron chi connectivity index (χ2n) is 5.94. The molecule has 3 aromatic rings. The molecule has 128 valence electrons. The summed E-state index contributed by atoms with van der Waals surface area (Å²) in [5.74, 6) is 0. The van der Waals surface area contributed by atoms with Crippen LogP contribution in [-0.2, 0) is 6.67 Å². The monoisotopic (exact) mass is 370 g/mol. The first-order valence-electron chi connectivity index (χ1n) is 7.91. The van der Waals surface area contributed by atoms with Crippen LogP contribution < -0.4 is 20.1 Å². The van der Waals surface area contributed by atoms with E-state index in [-0.39, 0.29) is 5.56 Å². The first-order chi connectivity index (χ1) is 11.9. The zero-order chi connectivity index (χ0) is 18.0. The van der Waals surface area contributed by atoms with Gasteiger partial charge in [0, 0.05) is 10.7 Å². The van der Waals surface area contributed by atoms with Crippen LogP contribution in [0.5, 0.6) is 0 Å². The lowest BCUT2D eigenvalue weighted by molar-refractivity contribution is 0.735. The summed E-state index contributed by atoms with van der Waals surface area (Å²) in [4.78, 5) is 12.7. The van der Waals surface area contributed by atoms with E-state index >= 15 is 0 Å². The minimum absolute atomic E-state index is 0.0327. The Kier molecular flexibility index (Phi) is 5.11. The SMILES string of the molecule is C=c1sc(=Cc2ccc(C)cc2)c(=O)n1CNc1ccc(Cl)cc1C. The Bertz CT molecular complexity index is 1060. The van der Waals surface area contributed by atoms with Gasteiger partial charge in [0.25, 0.3) is 5.56 Å². The van der Waals surface area contributed by atoms with E-state index in [1.807, 2.05) is 62.4 Å². The van der Waals surface area contributed by atoms with Crippen LogP contribution in [0.25, 0.3) is 12.7 Å². The van der Waals surface area contributed by atoms with E-state index in [0.29, 0.717) is 16.2 Å². The quantitative estimate of drug-likeness (QED) is 0.762. The van der Waals surface area contributed by atoms with E-state index < -0.39 is 0 Å². The number of aryl methyl sites for hydroxylation is 2. The first kappa shape index (κ1) is 17.5. The van der Waals surface area contributed by atoms with Crippen molar-refractivity contribution in [3.05, 3.63) is 83.7 Å². The van der Waals surface area contributed by atoms with Crippen molar-refractivity contribution in [1.29, 1.82) is 0 Å². The van der Waals surface area contributed by atoms with Crippen molar-refractivity contribution in [3.63, 3.8) is 0 Å². The van der Waals surface area contributed by atoms with Crippen LogP contribution in [0.4, 0.5) is 5.69 Å². The summed E-state index contributed by atoms with van der Waals surface area (Å²) in [6.07, 6.45) is 1.91. The highest BCUT2D eigenvalue weighted by Gasteiger charge is 2.04. The molecule has 3 nitrogen and oxygen atoms in total. The molecule has 0 atom stereocenters. The third kappa shape index (κ3) is 4.03. The molecule has 1 aromatic heterocycles. The van der Waals surface area contributed by atoms with Crippen molar-refractivity contribution in [2.45, 2.75) is 20.5 Å². The van der Waals surface area contributed by atoms with Crippen molar-refractivity contribution in [2.24, 2.45) is 0 Å². The first-order valence-corrected chi connectivity index (χ1v) is 9.10. The summed E-state index contributed by atoms with van der Waals surface area (Å²) in [6, 6.07) is 13.7. The topological polar surface area (TPSA) is 34.0 Å². The Labute approximate surface area is 155 Å². The van der Waals surface area contributed by atoms with E-state index in [1.54, 1.807) is 4.57 Å². The summed E-state index contributed by atoms with van der Waals surface area (Å²) in [7, 11) is 0. The molecular weight excluding hydrogens is 352 g/mol. The summed E-state index contributed by atoms with van der Waals surface area (Å²) >= 11 is 7.38. The lowest BCUT2D eigenvalue weighted by atomic mass is 10.1. The number of thiazole rings is 1. The zero-order valence-corrected chi connectivity index (χ0v) is 15.7. The normalized spacial score (nSPS) is 11.7. The highest BCUT2D eigenvalue weighted by molar-refractivity contribution is 7.07.